The third-order valence-electron chi connectivity index (χ3n) is 3.74. The number of ketones is 1. The predicted octanol–water partition coefficient (Wildman–Crippen LogP) is 4.48. The van der Waals surface area contributed by atoms with Crippen molar-refractivity contribution >= 4 is 40.8 Å². The molecule has 0 unspecified atom stereocenters. The molecule has 0 saturated heterocycles. The van der Waals surface area contributed by atoms with Crippen LogP contribution in [-0.2, 0) is 16.0 Å². The van der Waals surface area contributed by atoms with Crippen LogP contribution in [0.25, 0.3) is 6.08 Å². The zero-order chi connectivity index (χ0) is 20.0. The van der Waals surface area contributed by atoms with Crippen LogP contribution in [0.3, 0.4) is 0 Å². The van der Waals surface area contributed by atoms with Crippen molar-refractivity contribution in [1.82, 2.24) is 0 Å². The van der Waals surface area contributed by atoms with Gasteiger partial charge in [-0.25, -0.2) is 4.79 Å². The number of carbonyl (C=O) groups is 2. The Morgan fingerprint density at radius 1 is 1.30 bits per heavy atom. The maximum absolute atomic E-state index is 12.6. The summed E-state index contributed by atoms with van der Waals surface area (Å²) in [6.07, 6.45) is 1.26. The fourth-order valence-corrected chi connectivity index (χ4v) is 3.74. The molecule has 2 aromatic rings. The van der Waals surface area contributed by atoms with Gasteiger partial charge in [-0.2, -0.15) is 10.5 Å². The summed E-state index contributed by atoms with van der Waals surface area (Å²) < 4.78 is 4.99. The van der Waals surface area contributed by atoms with Crippen LogP contribution in [0.5, 0.6) is 0 Å². The lowest BCUT2D eigenvalue weighted by Gasteiger charge is -2.01. The second kappa shape index (κ2) is 9.14. The SMILES string of the molecule is CCOC(=O)c1sc(CC(=O)/C(C#N)=C/c2ccccc2Cl)c(C#N)c1C. The molecule has 1 aromatic heterocycles. The number of allylic oxidation sites excluding steroid dienone is 1. The van der Waals surface area contributed by atoms with Crippen LogP contribution in [-0.4, -0.2) is 18.4 Å². The Balaban J connectivity index is 2.36. The number of hydrogen-bond donors (Lipinski definition) is 0. The molecule has 0 fully saturated rings. The fourth-order valence-electron chi connectivity index (χ4n) is 2.40. The quantitative estimate of drug-likeness (QED) is 0.406. The van der Waals surface area contributed by atoms with E-state index in [1.807, 2.05) is 12.1 Å². The van der Waals surface area contributed by atoms with Crippen molar-refractivity contribution in [3.05, 3.63) is 61.3 Å². The fraction of sp³-hybridized carbons (Fsp3) is 0.200. The molecule has 0 aliphatic carbocycles. The summed E-state index contributed by atoms with van der Waals surface area (Å²) in [6, 6.07) is 10.8. The highest BCUT2D eigenvalue weighted by atomic mass is 35.5. The summed E-state index contributed by atoms with van der Waals surface area (Å²) in [5.74, 6) is -0.979. The largest absolute Gasteiger partial charge is 0.462 e. The Morgan fingerprint density at radius 2 is 2.00 bits per heavy atom. The second-order valence-corrected chi connectivity index (χ2v) is 6.99. The average molecular weight is 399 g/mol. The Labute approximate surface area is 166 Å². The molecule has 2 rings (SSSR count). The number of thiophene rings is 1. The first-order chi connectivity index (χ1) is 12.9. The molecular weight excluding hydrogens is 384 g/mol. The van der Waals surface area contributed by atoms with Crippen LogP contribution < -0.4 is 0 Å². The average Bonchev–Trinajstić information content (AvgIpc) is 2.96. The number of esters is 1. The molecule has 0 saturated carbocycles. The lowest BCUT2D eigenvalue weighted by atomic mass is 10.0. The third-order valence-corrected chi connectivity index (χ3v) is 5.36. The topological polar surface area (TPSA) is 90.9 Å². The number of hydrogen-bond acceptors (Lipinski definition) is 6. The first-order valence-corrected chi connectivity index (χ1v) is 9.21. The number of ether oxygens (including phenoxy) is 1. The van der Waals surface area contributed by atoms with E-state index in [2.05, 4.69) is 0 Å². The van der Waals surface area contributed by atoms with E-state index in [0.717, 1.165) is 11.3 Å². The van der Waals surface area contributed by atoms with Gasteiger partial charge in [-0.15, -0.1) is 11.3 Å². The van der Waals surface area contributed by atoms with E-state index in [1.54, 1.807) is 38.1 Å². The molecule has 0 aliphatic rings. The molecule has 0 spiro atoms. The molecule has 136 valence electrons. The van der Waals surface area contributed by atoms with Gasteiger partial charge in [-0.1, -0.05) is 29.8 Å². The van der Waals surface area contributed by atoms with Gasteiger partial charge in [0, 0.05) is 16.3 Å². The van der Waals surface area contributed by atoms with Crippen molar-refractivity contribution in [1.29, 1.82) is 10.5 Å². The van der Waals surface area contributed by atoms with Gasteiger partial charge in [-0.3, -0.25) is 4.79 Å². The molecule has 0 bridgehead atoms. The van der Waals surface area contributed by atoms with Crippen molar-refractivity contribution in [3.8, 4) is 12.1 Å². The van der Waals surface area contributed by atoms with Gasteiger partial charge in [0.05, 0.1) is 17.7 Å². The van der Waals surface area contributed by atoms with Crippen molar-refractivity contribution in [3.63, 3.8) is 0 Å². The highest BCUT2D eigenvalue weighted by Crippen LogP contribution is 2.30. The van der Waals surface area contributed by atoms with Gasteiger partial charge < -0.3 is 4.74 Å². The summed E-state index contributed by atoms with van der Waals surface area (Å²) in [5, 5.41) is 19.2. The van der Waals surface area contributed by atoms with Crippen LogP contribution >= 0.6 is 22.9 Å². The Hall–Kier alpha value is -2.93. The van der Waals surface area contributed by atoms with Crippen molar-refractivity contribution < 1.29 is 14.3 Å². The molecule has 7 heteroatoms. The van der Waals surface area contributed by atoms with Crippen LogP contribution in [0.1, 0.15) is 38.2 Å². The van der Waals surface area contributed by atoms with Crippen LogP contribution in [0.4, 0.5) is 0 Å². The van der Waals surface area contributed by atoms with Crippen molar-refractivity contribution in [2.45, 2.75) is 20.3 Å². The van der Waals surface area contributed by atoms with E-state index in [1.165, 1.54) is 6.08 Å². The van der Waals surface area contributed by atoms with Crippen molar-refractivity contribution in [2.75, 3.05) is 6.61 Å². The number of nitriles is 2. The lowest BCUT2D eigenvalue weighted by Crippen LogP contribution is -2.05. The summed E-state index contributed by atoms with van der Waals surface area (Å²) in [7, 11) is 0. The van der Waals surface area contributed by atoms with E-state index in [-0.39, 0.29) is 24.2 Å². The van der Waals surface area contributed by atoms with Crippen LogP contribution in [0.2, 0.25) is 5.02 Å². The molecule has 0 N–H and O–H groups in total. The van der Waals surface area contributed by atoms with Gasteiger partial charge >= 0.3 is 5.97 Å². The molecule has 0 aliphatic heterocycles. The molecule has 1 aromatic carbocycles. The smallest absolute Gasteiger partial charge is 0.348 e. The summed E-state index contributed by atoms with van der Waals surface area (Å²) in [6.45, 7) is 3.54. The Bertz CT molecular complexity index is 1010. The minimum Gasteiger partial charge on any atom is -0.462 e. The Morgan fingerprint density at radius 3 is 2.59 bits per heavy atom. The second-order valence-electron chi connectivity index (χ2n) is 5.48. The van der Waals surface area contributed by atoms with Gasteiger partial charge in [0.2, 0.25) is 0 Å². The van der Waals surface area contributed by atoms with Crippen LogP contribution in [0, 0.1) is 29.6 Å². The number of rotatable bonds is 6. The van der Waals surface area contributed by atoms with E-state index in [9.17, 15) is 20.1 Å². The number of halogens is 1. The number of benzene rings is 1. The number of nitrogens with zero attached hydrogens (tertiary/aromatic N) is 2. The molecule has 5 nitrogen and oxygen atoms in total. The predicted molar refractivity (Wildman–Crippen MR) is 103 cm³/mol. The molecule has 1 heterocycles. The minimum absolute atomic E-state index is 0.0734. The first kappa shape index (κ1) is 20.4. The third kappa shape index (κ3) is 4.62. The molecule has 0 atom stereocenters. The van der Waals surface area contributed by atoms with E-state index < -0.39 is 11.8 Å². The molecule has 0 radical (unpaired) electrons. The maximum atomic E-state index is 12.6. The van der Waals surface area contributed by atoms with Crippen LogP contribution in [0.15, 0.2) is 29.8 Å². The molecular formula is C20H15ClN2O3S. The zero-order valence-corrected chi connectivity index (χ0v) is 16.3. The van der Waals surface area contributed by atoms with Crippen molar-refractivity contribution in [2.24, 2.45) is 0 Å². The summed E-state index contributed by atoms with van der Waals surface area (Å²) in [4.78, 5) is 25.3. The number of Topliss-reactive ketones (excluding diaryl/α,β-unsaturated/α-hetero) is 1. The summed E-state index contributed by atoms with van der Waals surface area (Å²) >= 11 is 7.11. The highest BCUT2D eigenvalue weighted by molar-refractivity contribution is 7.14. The van der Waals surface area contributed by atoms with Gasteiger partial charge in [-0.05, 0) is 37.1 Å². The standard InChI is InChI=1S/C20H15ClN2O3S/c1-3-26-20(25)19-12(2)15(11-23)18(27-19)9-17(24)14(10-22)8-13-6-4-5-7-16(13)21/h4-8H,3,9H2,1-2H3/b14-8+. The monoisotopic (exact) mass is 398 g/mol. The lowest BCUT2D eigenvalue weighted by molar-refractivity contribution is -0.114. The minimum atomic E-state index is -0.526. The first-order valence-electron chi connectivity index (χ1n) is 8.01. The van der Waals surface area contributed by atoms with Gasteiger partial charge in [0.25, 0.3) is 0 Å². The van der Waals surface area contributed by atoms with E-state index >= 15 is 0 Å². The Kier molecular flexibility index (Phi) is 6.90. The zero-order valence-electron chi connectivity index (χ0n) is 14.7. The van der Waals surface area contributed by atoms with Gasteiger partial charge in [0.15, 0.2) is 5.78 Å². The van der Waals surface area contributed by atoms with Gasteiger partial charge in [0.1, 0.15) is 17.0 Å². The molecule has 0 amide bonds. The van der Waals surface area contributed by atoms with E-state index in [4.69, 9.17) is 16.3 Å². The maximum Gasteiger partial charge on any atom is 0.348 e. The summed E-state index contributed by atoms with van der Waals surface area (Å²) in [5.41, 5.74) is 1.23. The highest BCUT2D eigenvalue weighted by Gasteiger charge is 2.23. The van der Waals surface area contributed by atoms with E-state index in [0.29, 0.717) is 25.9 Å². The normalized spacial score (nSPS) is 10.8. The number of carbonyl (C=O) groups excluding carboxylic acids is 2. The molecule has 27 heavy (non-hydrogen) atoms.